The summed E-state index contributed by atoms with van der Waals surface area (Å²) in [6, 6.07) is 6.85. The second-order valence-corrected chi connectivity index (χ2v) is 7.82. The van der Waals surface area contributed by atoms with Crippen molar-refractivity contribution in [3.05, 3.63) is 41.0 Å². The van der Waals surface area contributed by atoms with Crippen LogP contribution >= 0.6 is 22.9 Å². The lowest BCUT2D eigenvalue weighted by atomic mass is 10.3. The number of nitrogens with one attached hydrogen (secondary N) is 1. The molecular weight excluding hydrogens is 334 g/mol. The molecule has 0 fully saturated rings. The molecule has 3 rings (SSSR count). The van der Waals surface area contributed by atoms with Crippen molar-refractivity contribution in [3.63, 3.8) is 0 Å². The monoisotopic (exact) mass is 343 g/mol. The van der Waals surface area contributed by atoms with Crippen LogP contribution in [0.15, 0.2) is 33.0 Å². The molecule has 0 bridgehead atoms. The number of hydrogen-bond donors (Lipinski definition) is 1. The molecule has 2 heterocycles. The van der Waals surface area contributed by atoms with Crippen molar-refractivity contribution in [2.75, 3.05) is 0 Å². The molecular formula is C12H10ClN3O3S2. The van der Waals surface area contributed by atoms with E-state index in [1.54, 1.807) is 31.2 Å². The fourth-order valence-corrected chi connectivity index (χ4v) is 4.35. The number of benzene rings is 1. The van der Waals surface area contributed by atoms with E-state index < -0.39 is 10.0 Å². The summed E-state index contributed by atoms with van der Waals surface area (Å²) in [6.45, 7) is 1.62. The van der Waals surface area contributed by atoms with Gasteiger partial charge >= 0.3 is 0 Å². The van der Waals surface area contributed by atoms with Gasteiger partial charge in [-0.05, 0) is 29.7 Å². The first-order valence-electron chi connectivity index (χ1n) is 5.92. The van der Waals surface area contributed by atoms with Crippen molar-refractivity contribution in [2.45, 2.75) is 17.7 Å². The number of sulfonamides is 1. The van der Waals surface area contributed by atoms with Gasteiger partial charge in [0, 0.05) is 16.6 Å². The van der Waals surface area contributed by atoms with Crippen molar-refractivity contribution < 1.29 is 12.9 Å². The highest BCUT2D eigenvalue weighted by molar-refractivity contribution is 7.91. The van der Waals surface area contributed by atoms with E-state index in [2.05, 4.69) is 14.9 Å². The van der Waals surface area contributed by atoms with Crippen molar-refractivity contribution in [2.24, 2.45) is 0 Å². The topological polar surface area (TPSA) is 85.1 Å². The van der Waals surface area contributed by atoms with Crippen molar-refractivity contribution >= 4 is 43.0 Å². The summed E-state index contributed by atoms with van der Waals surface area (Å²) < 4.78 is 32.8. The van der Waals surface area contributed by atoms with Crippen LogP contribution in [0.25, 0.3) is 10.1 Å². The molecule has 6 nitrogen and oxygen atoms in total. The highest BCUT2D eigenvalue weighted by Crippen LogP contribution is 2.30. The van der Waals surface area contributed by atoms with Gasteiger partial charge in [-0.25, -0.2) is 13.1 Å². The van der Waals surface area contributed by atoms with Crippen LogP contribution in [-0.2, 0) is 16.6 Å². The van der Waals surface area contributed by atoms with E-state index in [0.717, 1.165) is 10.1 Å². The Bertz CT molecular complexity index is 902. The third kappa shape index (κ3) is 3.08. The maximum Gasteiger partial charge on any atom is 0.250 e. The predicted molar refractivity (Wildman–Crippen MR) is 79.9 cm³/mol. The van der Waals surface area contributed by atoms with Gasteiger partial charge < -0.3 is 4.52 Å². The minimum absolute atomic E-state index is 0.0192. The van der Waals surface area contributed by atoms with Crippen LogP contribution in [-0.4, -0.2) is 18.6 Å². The van der Waals surface area contributed by atoms with Gasteiger partial charge in [0.1, 0.15) is 4.21 Å². The maximum atomic E-state index is 12.2. The molecule has 1 aromatic carbocycles. The van der Waals surface area contributed by atoms with E-state index in [1.165, 1.54) is 11.3 Å². The summed E-state index contributed by atoms with van der Waals surface area (Å²) >= 11 is 7.08. The van der Waals surface area contributed by atoms with E-state index >= 15 is 0 Å². The highest BCUT2D eigenvalue weighted by atomic mass is 35.5. The van der Waals surface area contributed by atoms with Gasteiger partial charge in [0.2, 0.25) is 5.89 Å². The first-order chi connectivity index (χ1) is 9.94. The van der Waals surface area contributed by atoms with Crippen LogP contribution in [0.4, 0.5) is 0 Å². The SMILES string of the molecule is Cc1nc(CNS(=O)(=O)c2cc3cc(Cl)ccc3s2)no1. The Morgan fingerprint density at radius 3 is 2.90 bits per heavy atom. The molecule has 0 aliphatic rings. The van der Waals surface area contributed by atoms with Crippen molar-refractivity contribution in [1.82, 2.24) is 14.9 Å². The Labute approximate surface area is 129 Å². The van der Waals surface area contributed by atoms with Gasteiger partial charge in [0.15, 0.2) is 5.82 Å². The molecule has 0 aliphatic carbocycles. The molecule has 0 spiro atoms. The van der Waals surface area contributed by atoms with Crippen LogP contribution < -0.4 is 4.72 Å². The smallest absolute Gasteiger partial charge is 0.250 e. The van der Waals surface area contributed by atoms with Gasteiger partial charge in [0.05, 0.1) is 6.54 Å². The van der Waals surface area contributed by atoms with E-state index in [1.807, 2.05) is 0 Å². The predicted octanol–water partition coefficient (Wildman–Crippen LogP) is 2.72. The second-order valence-electron chi connectivity index (χ2n) is 4.30. The summed E-state index contributed by atoms with van der Waals surface area (Å²) in [5.74, 6) is 0.681. The van der Waals surface area contributed by atoms with Crippen LogP contribution in [0.5, 0.6) is 0 Å². The van der Waals surface area contributed by atoms with Crippen LogP contribution in [0.2, 0.25) is 5.02 Å². The average molecular weight is 344 g/mol. The number of hydrogen-bond acceptors (Lipinski definition) is 6. The Morgan fingerprint density at radius 2 is 2.19 bits per heavy atom. The minimum Gasteiger partial charge on any atom is -0.340 e. The van der Waals surface area contributed by atoms with Gasteiger partial charge in [0.25, 0.3) is 10.0 Å². The van der Waals surface area contributed by atoms with E-state index in [4.69, 9.17) is 16.1 Å². The Morgan fingerprint density at radius 1 is 1.38 bits per heavy atom. The van der Waals surface area contributed by atoms with E-state index in [9.17, 15) is 8.42 Å². The summed E-state index contributed by atoms with van der Waals surface area (Å²) in [4.78, 5) is 3.94. The standard InChI is InChI=1S/C12H10ClN3O3S2/c1-7-15-11(16-19-7)6-14-21(17,18)12-5-8-4-9(13)2-3-10(8)20-12/h2-5,14H,6H2,1H3. The number of aryl methyl sites for hydroxylation is 1. The molecule has 0 saturated heterocycles. The fourth-order valence-electron chi connectivity index (χ4n) is 1.77. The number of fused-ring (bicyclic) bond motifs is 1. The third-order valence-electron chi connectivity index (χ3n) is 2.71. The molecule has 0 saturated carbocycles. The summed E-state index contributed by atoms with van der Waals surface area (Å²) in [5.41, 5.74) is 0. The molecule has 1 N–H and O–H groups in total. The van der Waals surface area contributed by atoms with Crippen LogP contribution in [0, 0.1) is 6.92 Å². The zero-order valence-corrected chi connectivity index (χ0v) is 13.2. The highest BCUT2D eigenvalue weighted by Gasteiger charge is 2.18. The number of halogens is 1. The molecule has 0 atom stereocenters. The van der Waals surface area contributed by atoms with Crippen molar-refractivity contribution in [1.29, 1.82) is 0 Å². The quantitative estimate of drug-likeness (QED) is 0.787. The molecule has 0 aliphatic heterocycles. The lowest BCUT2D eigenvalue weighted by molar-refractivity contribution is 0.387. The normalized spacial score (nSPS) is 12.1. The largest absolute Gasteiger partial charge is 0.340 e. The summed E-state index contributed by atoms with van der Waals surface area (Å²) in [7, 11) is -3.62. The fraction of sp³-hybridized carbons (Fsp3) is 0.167. The van der Waals surface area contributed by atoms with E-state index in [0.29, 0.717) is 16.7 Å². The molecule has 0 radical (unpaired) electrons. The first-order valence-corrected chi connectivity index (χ1v) is 8.60. The molecule has 0 amide bonds. The van der Waals surface area contributed by atoms with Gasteiger partial charge in [-0.15, -0.1) is 11.3 Å². The first kappa shape index (κ1) is 14.5. The molecule has 21 heavy (non-hydrogen) atoms. The summed E-state index contributed by atoms with van der Waals surface area (Å²) in [6.07, 6.45) is 0. The second kappa shape index (κ2) is 5.38. The van der Waals surface area contributed by atoms with Crippen LogP contribution in [0.1, 0.15) is 11.7 Å². The lowest BCUT2D eigenvalue weighted by Crippen LogP contribution is -2.22. The third-order valence-corrected chi connectivity index (χ3v) is 5.94. The van der Waals surface area contributed by atoms with Crippen LogP contribution in [0.3, 0.4) is 0 Å². The zero-order valence-electron chi connectivity index (χ0n) is 10.8. The minimum atomic E-state index is -3.62. The number of rotatable bonds is 4. The molecule has 110 valence electrons. The molecule has 9 heteroatoms. The molecule has 3 aromatic rings. The Kier molecular flexibility index (Phi) is 3.70. The lowest BCUT2D eigenvalue weighted by Gasteiger charge is -2.00. The molecule has 0 unspecified atom stereocenters. The van der Waals surface area contributed by atoms with Gasteiger partial charge in [-0.1, -0.05) is 16.8 Å². The number of thiophene rings is 1. The van der Waals surface area contributed by atoms with Crippen molar-refractivity contribution in [3.8, 4) is 0 Å². The maximum absolute atomic E-state index is 12.2. The number of nitrogens with zero attached hydrogens (tertiary/aromatic N) is 2. The Hall–Kier alpha value is -1.48. The average Bonchev–Trinajstić information content (AvgIpc) is 3.02. The zero-order chi connectivity index (χ0) is 15.0. The van der Waals surface area contributed by atoms with Gasteiger partial charge in [-0.3, -0.25) is 0 Å². The Balaban J connectivity index is 1.85. The number of aromatic nitrogens is 2. The van der Waals surface area contributed by atoms with Gasteiger partial charge in [-0.2, -0.15) is 4.98 Å². The van der Waals surface area contributed by atoms with E-state index in [-0.39, 0.29) is 10.8 Å². The molecule has 2 aromatic heterocycles. The summed E-state index contributed by atoms with van der Waals surface area (Å²) in [5, 5.41) is 5.00.